The van der Waals surface area contributed by atoms with Gasteiger partial charge >= 0.3 is 0 Å². The van der Waals surface area contributed by atoms with Crippen molar-refractivity contribution < 1.29 is 14.0 Å². The first kappa shape index (κ1) is 22.7. The molecule has 1 saturated carbocycles. The predicted octanol–water partition coefficient (Wildman–Crippen LogP) is 4.84. The molecule has 0 aromatic carbocycles. The van der Waals surface area contributed by atoms with Crippen LogP contribution in [0.15, 0.2) is 38.4 Å². The SMILES string of the molecule is Cc1ccc([C@H]2C(C#N)=C(SCC(=O)NC3CCCCC3)NC3=C2C(=O)CC(C)(C)C3)o1. The van der Waals surface area contributed by atoms with Gasteiger partial charge in [-0.3, -0.25) is 9.59 Å². The van der Waals surface area contributed by atoms with E-state index in [1.807, 2.05) is 19.1 Å². The van der Waals surface area contributed by atoms with Crippen molar-refractivity contribution in [1.29, 1.82) is 5.26 Å². The molecule has 3 aliphatic rings. The fraction of sp³-hybridized carbons (Fsp3) is 0.560. The molecule has 2 heterocycles. The molecule has 2 aliphatic carbocycles. The second-order valence-corrected chi connectivity index (χ2v) is 10.9. The van der Waals surface area contributed by atoms with Crippen LogP contribution in [-0.2, 0) is 9.59 Å². The topological polar surface area (TPSA) is 95.1 Å². The summed E-state index contributed by atoms with van der Waals surface area (Å²) in [4.78, 5) is 25.7. The van der Waals surface area contributed by atoms with Crippen molar-refractivity contribution in [2.24, 2.45) is 5.41 Å². The number of rotatable bonds is 5. The number of nitrogens with one attached hydrogen (secondary N) is 2. The van der Waals surface area contributed by atoms with Gasteiger partial charge in [-0.1, -0.05) is 44.9 Å². The number of nitrogens with zero attached hydrogens (tertiary/aromatic N) is 1. The lowest BCUT2D eigenvalue weighted by Gasteiger charge is -2.38. The van der Waals surface area contributed by atoms with Gasteiger partial charge in [0.15, 0.2) is 5.78 Å². The highest BCUT2D eigenvalue weighted by Gasteiger charge is 2.43. The van der Waals surface area contributed by atoms with Gasteiger partial charge in [-0.05, 0) is 43.7 Å². The Balaban J connectivity index is 1.60. The molecule has 4 rings (SSSR count). The molecule has 0 spiro atoms. The number of furan rings is 1. The summed E-state index contributed by atoms with van der Waals surface area (Å²) >= 11 is 1.34. The molecule has 6 nitrogen and oxygen atoms in total. The van der Waals surface area contributed by atoms with E-state index in [0.29, 0.717) is 34.8 Å². The number of nitriles is 1. The Bertz CT molecular complexity index is 1020. The maximum Gasteiger partial charge on any atom is 0.230 e. The van der Waals surface area contributed by atoms with Crippen LogP contribution < -0.4 is 10.6 Å². The average molecular weight is 454 g/mol. The molecule has 0 radical (unpaired) electrons. The minimum absolute atomic E-state index is 0.0151. The minimum atomic E-state index is -0.530. The van der Waals surface area contributed by atoms with Gasteiger partial charge in [0.1, 0.15) is 11.5 Å². The van der Waals surface area contributed by atoms with Gasteiger partial charge in [0.05, 0.1) is 28.3 Å². The first-order valence-electron chi connectivity index (χ1n) is 11.4. The molecular weight excluding hydrogens is 422 g/mol. The standard InChI is InChI=1S/C25H31N3O3S/c1-15-9-10-20(31-15)22-17(13-26)24(28-18-11-25(2,3)12-19(29)23(18)22)32-14-21(30)27-16-7-5-4-6-8-16/h9-10,16,22,28H,4-8,11-12,14H2,1-3H3,(H,27,30)/t22-/m1/s1. The summed E-state index contributed by atoms with van der Waals surface area (Å²) in [7, 11) is 0. The van der Waals surface area contributed by atoms with E-state index in [2.05, 4.69) is 30.6 Å². The van der Waals surface area contributed by atoms with Crippen LogP contribution >= 0.6 is 11.8 Å². The predicted molar refractivity (Wildman–Crippen MR) is 124 cm³/mol. The van der Waals surface area contributed by atoms with Crippen molar-refractivity contribution in [3.63, 3.8) is 0 Å². The third-order valence-electron chi connectivity index (χ3n) is 6.49. The molecule has 0 bridgehead atoms. The highest BCUT2D eigenvalue weighted by molar-refractivity contribution is 8.03. The van der Waals surface area contributed by atoms with Gasteiger partial charge in [0, 0.05) is 23.7 Å². The molecule has 1 aromatic rings. The molecule has 1 aliphatic heterocycles. The second kappa shape index (κ2) is 9.19. The van der Waals surface area contributed by atoms with Crippen LogP contribution in [0.4, 0.5) is 0 Å². The zero-order chi connectivity index (χ0) is 22.9. The Hall–Kier alpha value is -2.46. The summed E-state index contributed by atoms with van der Waals surface area (Å²) in [6, 6.07) is 6.27. The van der Waals surface area contributed by atoms with Crippen LogP contribution in [0.5, 0.6) is 0 Å². The number of carbonyl (C=O) groups excluding carboxylic acids is 2. The fourth-order valence-electron chi connectivity index (χ4n) is 5.04. The Morgan fingerprint density at radius 3 is 2.69 bits per heavy atom. The van der Waals surface area contributed by atoms with E-state index in [1.54, 1.807) is 0 Å². The van der Waals surface area contributed by atoms with E-state index in [1.165, 1.54) is 18.2 Å². The highest BCUT2D eigenvalue weighted by Crippen LogP contribution is 2.48. The Morgan fingerprint density at radius 2 is 2.03 bits per heavy atom. The summed E-state index contributed by atoms with van der Waals surface area (Å²) in [6.07, 6.45) is 6.78. The van der Waals surface area contributed by atoms with E-state index in [0.717, 1.165) is 37.1 Å². The first-order valence-corrected chi connectivity index (χ1v) is 12.4. The Labute approximate surface area is 193 Å². The maximum atomic E-state index is 13.1. The number of aryl methyl sites for hydroxylation is 1. The van der Waals surface area contributed by atoms with Gasteiger partial charge in [-0.25, -0.2) is 0 Å². The lowest BCUT2D eigenvalue weighted by molar-refractivity contribution is -0.120. The summed E-state index contributed by atoms with van der Waals surface area (Å²) in [5, 5.41) is 17.2. The van der Waals surface area contributed by atoms with Gasteiger partial charge in [0.2, 0.25) is 5.91 Å². The van der Waals surface area contributed by atoms with Crippen LogP contribution in [0.3, 0.4) is 0 Å². The molecule has 1 amide bonds. The van der Waals surface area contributed by atoms with Crippen molar-refractivity contribution >= 4 is 23.5 Å². The molecule has 0 saturated heterocycles. The number of hydrogen-bond acceptors (Lipinski definition) is 6. The maximum absolute atomic E-state index is 13.1. The van der Waals surface area contributed by atoms with Crippen molar-refractivity contribution in [2.45, 2.75) is 77.7 Å². The highest BCUT2D eigenvalue weighted by atomic mass is 32.2. The molecule has 1 aromatic heterocycles. The van der Waals surface area contributed by atoms with E-state index < -0.39 is 5.92 Å². The molecule has 7 heteroatoms. The van der Waals surface area contributed by atoms with E-state index in [4.69, 9.17) is 4.42 Å². The summed E-state index contributed by atoms with van der Waals surface area (Å²) in [5.74, 6) is 1.08. The number of thioether (sulfide) groups is 1. The van der Waals surface area contributed by atoms with Crippen LogP contribution in [0.2, 0.25) is 0 Å². The molecule has 1 fully saturated rings. The van der Waals surface area contributed by atoms with E-state index >= 15 is 0 Å². The Kier molecular flexibility index (Phi) is 6.52. The first-order chi connectivity index (χ1) is 15.3. The number of hydrogen-bond donors (Lipinski definition) is 2. The van der Waals surface area contributed by atoms with Crippen LogP contribution in [-0.4, -0.2) is 23.5 Å². The fourth-order valence-corrected chi connectivity index (χ4v) is 5.91. The van der Waals surface area contributed by atoms with Crippen LogP contribution in [0.1, 0.15) is 76.2 Å². The largest absolute Gasteiger partial charge is 0.465 e. The smallest absolute Gasteiger partial charge is 0.230 e. The van der Waals surface area contributed by atoms with Crippen molar-refractivity contribution in [3.8, 4) is 6.07 Å². The molecule has 0 unspecified atom stereocenters. The van der Waals surface area contributed by atoms with Gasteiger partial charge in [-0.15, -0.1) is 0 Å². The third kappa shape index (κ3) is 4.80. The van der Waals surface area contributed by atoms with Crippen molar-refractivity contribution in [3.05, 3.63) is 45.5 Å². The molecular formula is C25H31N3O3S. The monoisotopic (exact) mass is 453 g/mol. The molecule has 32 heavy (non-hydrogen) atoms. The van der Waals surface area contributed by atoms with Crippen LogP contribution in [0.25, 0.3) is 0 Å². The third-order valence-corrected chi connectivity index (χ3v) is 7.51. The normalized spacial score (nSPS) is 23.4. The number of Topliss-reactive ketones (excluding diaryl/α,β-unsaturated/α-hetero) is 1. The van der Waals surface area contributed by atoms with Crippen molar-refractivity contribution in [2.75, 3.05) is 5.75 Å². The Morgan fingerprint density at radius 1 is 1.28 bits per heavy atom. The summed E-state index contributed by atoms with van der Waals surface area (Å²) in [6.45, 7) is 6.01. The number of ketones is 1. The van der Waals surface area contributed by atoms with E-state index in [-0.39, 0.29) is 28.9 Å². The number of dihydropyridines is 1. The summed E-state index contributed by atoms with van der Waals surface area (Å²) < 4.78 is 5.89. The zero-order valence-electron chi connectivity index (χ0n) is 19.0. The van der Waals surface area contributed by atoms with E-state index in [9.17, 15) is 14.9 Å². The van der Waals surface area contributed by atoms with Gasteiger partial charge < -0.3 is 15.1 Å². The number of amides is 1. The van der Waals surface area contributed by atoms with Crippen molar-refractivity contribution in [1.82, 2.24) is 10.6 Å². The van der Waals surface area contributed by atoms with Gasteiger partial charge in [-0.2, -0.15) is 5.26 Å². The molecule has 1 atom stereocenters. The lowest BCUT2D eigenvalue weighted by Crippen LogP contribution is -2.38. The molecule has 2 N–H and O–H groups in total. The molecule has 170 valence electrons. The second-order valence-electron chi connectivity index (χ2n) is 9.89. The summed E-state index contributed by atoms with van der Waals surface area (Å²) in [5.41, 5.74) is 1.76. The van der Waals surface area contributed by atoms with Gasteiger partial charge in [0.25, 0.3) is 0 Å². The number of carbonyl (C=O) groups is 2. The zero-order valence-corrected chi connectivity index (χ0v) is 19.9. The quantitative estimate of drug-likeness (QED) is 0.663. The average Bonchev–Trinajstić information content (AvgIpc) is 3.17. The minimum Gasteiger partial charge on any atom is -0.465 e. The lowest BCUT2D eigenvalue weighted by atomic mass is 9.70. The van der Waals surface area contributed by atoms with Crippen LogP contribution in [0, 0.1) is 23.7 Å². The number of allylic oxidation sites excluding steroid dienone is 3.